The summed E-state index contributed by atoms with van der Waals surface area (Å²) in [5, 5.41) is 5.52. The van der Waals surface area contributed by atoms with Gasteiger partial charge in [0.1, 0.15) is 23.6 Å². The molecule has 0 aromatic carbocycles. The van der Waals surface area contributed by atoms with Gasteiger partial charge in [-0.3, -0.25) is 4.90 Å². The Hall–Kier alpha value is -3.11. The van der Waals surface area contributed by atoms with Crippen LogP contribution in [0.25, 0.3) is 10.8 Å². The summed E-state index contributed by atoms with van der Waals surface area (Å²) in [7, 11) is 3.69. The van der Waals surface area contributed by atoms with E-state index in [1.54, 1.807) is 19.4 Å². The third-order valence-electron chi connectivity index (χ3n) is 7.05. The van der Waals surface area contributed by atoms with Crippen LogP contribution in [0.2, 0.25) is 0 Å². The molecule has 192 valence electrons. The van der Waals surface area contributed by atoms with Crippen LogP contribution in [0.5, 0.6) is 0 Å². The first kappa shape index (κ1) is 24.6. The first-order valence-electron chi connectivity index (χ1n) is 12.7. The fourth-order valence-electron chi connectivity index (χ4n) is 5.09. The quantitative estimate of drug-likeness (QED) is 0.548. The summed E-state index contributed by atoms with van der Waals surface area (Å²) < 4.78 is 19.6. The van der Waals surface area contributed by atoms with Crippen molar-refractivity contribution in [1.82, 2.24) is 24.8 Å². The molecule has 9 nitrogen and oxygen atoms in total. The number of halogens is 1. The Kier molecular flexibility index (Phi) is 7.15. The van der Waals surface area contributed by atoms with E-state index in [1.165, 1.54) is 5.56 Å². The second-order valence-corrected chi connectivity index (χ2v) is 10.0. The highest BCUT2D eigenvalue weighted by molar-refractivity contribution is 5.95. The third-order valence-corrected chi connectivity index (χ3v) is 7.05. The molecule has 0 unspecified atom stereocenters. The molecule has 2 fully saturated rings. The van der Waals surface area contributed by atoms with E-state index in [0.717, 1.165) is 42.8 Å². The maximum Gasteiger partial charge on any atom is 0.227 e. The highest BCUT2D eigenvalue weighted by Gasteiger charge is 2.30. The molecule has 5 rings (SSSR count). The molecule has 0 aliphatic carbocycles. The lowest BCUT2D eigenvalue weighted by Gasteiger charge is -2.34. The molecule has 0 spiro atoms. The molecule has 2 aliphatic heterocycles. The number of fused-ring (bicyclic) bond motifs is 1. The van der Waals surface area contributed by atoms with E-state index in [1.807, 2.05) is 17.3 Å². The van der Waals surface area contributed by atoms with Crippen LogP contribution in [0.15, 0.2) is 30.7 Å². The van der Waals surface area contributed by atoms with Gasteiger partial charge in [-0.1, -0.05) is 13.8 Å². The Bertz CT molecular complexity index is 1210. The third kappa shape index (κ3) is 5.05. The Balaban J connectivity index is 1.42. The molecule has 0 amide bonds. The fraction of sp³-hybridized carbons (Fsp3) is 0.538. The summed E-state index contributed by atoms with van der Waals surface area (Å²) in [6.45, 7) is 8.17. The normalized spacial score (nSPS) is 21.4. The predicted octanol–water partition coefficient (Wildman–Crippen LogP) is 3.95. The number of piperidine rings is 1. The van der Waals surface area contributed by atoms with Crippen molar-refractivity contribution in [1.29, 1.82) is 0 Å². The molecule has 36 heavy (non-hydrogen) atoms. The van der Waals surface area contributed by atoms with E-state index < -0.39 is 6.17 Å². The van der Waals surface area contributed by atoms with Crippen molar-refractivity contribution in [2.75, 3.05) is 62.1 Å². The monoisotopic (exact) mass is 494 g/mol. The van der Waals surface area contributed by atoms with Crippen LogP contribution in [0.4, 0.5) is 27.8 Å². The van der Waals surface area contributed by atoms with Gasteiger partial charge in [-0.05, 0) is 48.9 Å². The second-order valence-electron chi connectivity index (χ2n) is 10.0. The molecule has 0 saturated carbocycles. The number of ether oxygens (including phenoxy) is 1. The highest BCUT2D eigenvalue weighted by atomic mass is 19.1. The van der Waals surface area contributed by atoms with E-state index >= 15 is 0 Å². The Morgan fingerprint density at radius 3 is 2.67 bits per heavy atom. The van der Waals surface area contributed by atoms with Crippen molar-refractivity contribution < 1.29 is 9.13 Å². The lowest BCUT2D eigenvalue weighted by atomic mass is 9.99. The fourth-order valence-corrected chi connectivity index (χ4v) is 5.09. The number of pyridine rings is 2. The molecule has 5 heterocycles. The second kappa shape index (κ2) is 10.5. The minimum atomic E-state index is -1.07. The number of hydrogen-bond donors (Lipinski definition) is 1. The molecule has 1 N–H and O–H groups in total. The molecule has 10 heteroatoms. The molecule has 2 aliphatic rings. The predicted molar refractivity (Wildman–Crippen MR) is 141 cm³/mol. The minimum absolute atomic E-state index is 0.218. The molecule has 3 aromatic heterocycles. The first-order valence-corrected chi connectivity index (χ1v) is 12.7. The smallest absolute Gasteiger partial charge is 0.227 e. The zero-order valence-electron chi connectivity index (χ0n) is 21.5. The minimum Gasteiger partial charge on any atom is -0.378 e. The van der Waals surface area contributed by atoms with Crippen LogP contribution in [-0.4, -0.2) is 84.1 Å². The van der Waals surface area contributed by atoms with Gasteiger partial charge in [0.15, 0.2) is 0 Å². The van der Waals surface area contributed by atoms with Gasteiger partial charge in [0.2, 0.25) is 5.95 Å². The van der Waals surface area contributed by atoms with Crippen LogP contribution in [0, 0.1) is 0 Å². The molecule has 0 radical (unpaired) electrons. The van der Waals surface area contributed by atoms with E-state index in [0.29, 0.717) is 36.5 Å². The SMILES string of the molecule is CO[C@@H]1CCN(c2nccc(Nc3cc4c(C(C)C)cnc(N5CCCN(C)C5)c4cn3)n2)C[C@@H]1F. The van der Waals surface area contributed by atoms with Gasteiger partial charge < -0.3 is 19.9 Å². The van der Waals surface area contributed by atoms with Gasteiger partial charge >= 0.3 is 0 Å². The largest absolute Gasteiger partial charge is 0.378 e. The van der Waals surface area contributed by atoms with Crippen molar-refractivity contribution >= 4 is 34.2 Å². The number of nitrogens with zero attached hydrogens (tertiary/aromatic N) is 7. The number of rotatable bonds is 6. The van der Waals surface area contributed by atoms with Crippen molar-refractivity contribution in [2.45, 2.75) is 44.9 Å². The zero-order valence-corrected chi connectivity index (χ0v) is 21.5. The Labute approximate surface area is 211 Å². The number of hydrogen-bond acceptors (Lipinski definition) is 9. The van der Waals surface area contributed by atoms with Gasteiger partial charge in [-0.2, -0.15) is 4.98 Å². The summed E-state index contributed by atoms with van der Waals surface area (Å²) in [6, 6.07) is 3.88. The number of anilines is 4. The van der Waals surface area contributed by atoms with Crippen molar-refractivity contribution in [3.63, 3.8) is 0 Å². The summed E-state index contributed by atoms with van der Waals surface area (Å²) >= 11 is 0. The van der Waals surface area contributed by atoms with E-state index in [-0.39, 0.29) is 12.6 Å². The van der Waals surface area contributed by atoms with E-state index in [9.17, 15) is 4.39 Å². The maximum absolute atomic E-state index is 14.4. The molecule has 0 bridgehead atoms. The topological polar surface area (TPSA) is 82.5 Å². The lowest BCUT2D eigenvalue weighted by molar-refractivity contribution is 0.0194. The van der Waals surface area contributed by atoms with Crippen LogP contribution in [0.3, 0.4) is 0 Å². The van der Waals surface area contributed by atoms with E-state index in [2.05, 4.69) is 52.0 Å². The van der Waals surface area contributed by atoms with Gasteiger partial charge in [0.05, 0.1) is 19.3 Å². The van der Waals surface area contributed by atoms with Gasteiger partial charge in [0.25, 0.3) is 0 Å². The Morgan fingerprint density at radius 1 is 1.06 bits per heavy atom. The summed E-state index contributed by atoms with van der Waals surface area (Å²) in [6.07, 6.45) is 5.88. The lowest BCUT2D eigenvalue weighted by Crippen LogP contribution is -2.46. The van der Waals surface area contributed by atoms with Crippen molar-refractivity contribution in [2.24, 2.45) is 0 Å². The Morgan fingerprint density at radius 2 is 1.92 bits per heavy atom. The molecular formula is C26H35FN8O. The van der Waals surface area contributed by atoms with Crippen LogP contribution in [0.1, 0.15) is 38.2 Å². The maximum atomic E-state index is 14.4. The molecular weight excluding hydrogens is 459 g/mol. The molecule has 3 aromatic rings. The van der Waals surface area contributed by atoms with Crippen LogP contribution >= 0.6 is 0 Å². The van der Waals surface area contributed by atoms with Crippen LogP contribution < -0.4 is 15.1 Å². The highest BCUT2D eigenvalue weighted by Crippen LogP contribution is 2.33. The van der Waals surface area contributed by atoms with Gasteiger partial charge in [-0.25, -0.2) is 19.3 Å². The molecule has 2 saturated heterocycles. The van der Waals surface area contributed by atoms with E-state index in [4.69, 9.17) is 14.7 Å². The average molecular weight is 495 g/mol. The standard InChI is InChI=1S/C26H35FN8O/c1-17(2)19-13-30-25(35-10-5-9-33(3)16-35)20-14-29-24(12-18(19)20)31-23-6-8-28-26(32-23)34-11-7-22(36-4)21(27)15-34/h6,8,12-14,17,21-22H,5,7,9-11,15-16H2,1-4H3,(H,28,29,31,32)/t21-,22+/m0/s1. The molecule has 2 atom stereocenters. The summed E-state index contributed by atoms with van der Waals surface area (Å²) in [4.78, 5) is 25.1. The van der Waals surface area contributed by atoms with Crippen LogP contribution in [-0.2, 0) is 4.74 Å². The van der Waals surface area contributed by atoms with Crippen molar-refractivity contribution in [3.8, 4) is 0 Å². The number of aromatic nitrogens is 4. The number of alkyl halides is 1. The number of nitrogens with one attached hydrogen (secondary N) is 1. The van der Waals surface area contributed by atoms with Gasteiger partial charge in [0, 0.05) is 50.7 Å². The number of methoxy groups -OCH3 is 1. The first-order chi connectivity index (χ1) is 17.4. The average Bonchev–Trinajstić information content (AvgIpc) is 2.88. The van der Waals surface area contributed by atoms with Crippen molar-refractivity contribution in [3.05, 3.63) is 36.3 Å². The summed E-state index contributed by atoms with van der Waals surface area (Å²) in [5.41, 5.74) is 1.18. The van der Waals surface area contributed by atoms with Gasteiger partial charge in [-0.15, -0.1) is 0 Å². The zero-order chi connectivity index (χ0) is 25.2. The summed E-state index contributed by atoms with van der Waals surface area (Å²) in [5.74, 6) is 3.12.